The Morgan fingerprint density at radius 1 is 0.938 bits per heavy atom. The Kier molecular flexibility index (Phi) is 9.40. The van der Waals surface area contributed by atoms with Crippen molar-refractivity contribution in [2.45, 2.75) is 75.7 Å². The molecule has 5 aromatic rings. The Balaban J connectivity index is 0.743. The highest BCUT2D eigenvalue weighted by Crippen LogP contribution is 2.49. The van der Waals surface area contributed by atoms with Gasteiger partial charge in [-0.15, -0.1) is 0 Å². The van der Waals surface area contributed by atoms with Crippen LogP contribution in [-0.2, 0) is 22.6 Å². The molecule has 2 spiro atoms. The molecule has 2 aliphatic carbocycles. The quantitative estimate of drug-likeness (QED) is 0.168. The van der Waals surface area contributed by atoms with Gasteiger partial charge in [0.15, 0.2) is 11.5 Å². The molecule has 4 aliphatic heterocycles. The van der Waals surface area contributed by atoms with Crippen molar-refractivity contribution in [2.24, 2.45) is 5.41 Å². The Bertz CT molecular complexity index is 2760. The molecule has 6 amide bonds. The van der Waals surface area contributed by atoms with Crippen LogP contribution in [0.2, 0.25) is 0 Å². The lowest BCUT2D eigenvalue weighted by atomic mass is 9.72. The highest BCUT2D eigenvalue weighted by molar-refractivity contribution is 6.05. The molecular formula is C44H50N14O6. The van der Waals surface area contributed by atoms with Crippen LogP contribution in [0.1, 0.15) is 61.0 Å². The first-order valence-corrected chi connectivity index (χ1v) is 22.0. The molecule has 2 saturated carbocycles. The zero-order chi connectivity index (χ0) is 43.9. The molecule has 332 valence electrons. The minimum absolute atomic E-state index is 0.0240. The van der Waals surface area contributed by atoms with Gasteiger partial charge in [-0.05, 0) is 74.9 Å². The first-order valence-electron chi connectivity index (χ1n) is 22.0. The van der Waals surface area contributed by atoms with E-state index in [1.54, 1.807) is 48.0 Å². The number of ether oxygens (including phenoxy) is 1. The minimum atomic E-state index is -0.388. The van der Waals surface area contributed by atoms with Gasteiger partial charge in [0.05, 0.1) is 42.7 Å². The van der Waals surface area contributed by atoms with Crippen LogP contribution in [0.15, 0.2) is 65.7 Å². The van der Waals surface area contributed by atoms with E-state index < -0.39 is 0 Å². The maximum atomic E-state index is 14.2. The van der Waals surface area contributed by atoms with Gasteiger partial charge < -0.3 is 35.4 Å². The lowest BCUT2D eigenvalue weighted by Crippen LogP contribution is -2.65. The van der Waals surface area contributed by atoms with Crippen LogP contribution in [0, 0.1) is 5.41 Å². The average Bonchev–Trinajstić information content (AvgIpc) is 3.70. The lowest BCUT2D eigenvalue weighted by Gasteiger charge is -2.55. The van der Waals surface area contributed by atoms with Crippen molar-refractivity contribution in [1.29, 1.82) is 0 Å². The first kappa shape index (κ1) is 39.9. The number of imide groups is 1. The van der Waals surface area contributed by atoms with Crippen LogP contribution in [-0.4, -0.2) is 127 Å². The zero-order valence-electron chi connectivity index (χ0n) is 35.7. The molecule has 0 bridgehead atoms. The summed E-state index contributed by atoms with van der Waals surface area (Å²) in [6, 6.07) is 14.6. The van der Waals surface area contributed by atoms with E-state index in [-0.39, 0.29) is 64.6 Å². The zero-order valence-corrected chi connectivity index (χ0v) is 35.7. The average molecular weight is 871 g/mol. The molecule has 3 saturated heterocycles. The van der Waals surface area contributed by atoms with E-state index in [0.717, 1.165) is 81.8 Å². The topological polar surface area (TPSA) is 209 Å². The van der Waals surface area contributed by atoms with Crippen LogP contribution in [0.3, 0.4) is 0 Å². The number of rotatable bonds is 9. The fourth-order valence-corrected chi connectivity index (χ4v) is 10.1. The van der Waals surface area contributed by atoms with E-state index in [2.05, 4.69) is 31.3 Å². The third-order valence-corrected chi connectivity index (χ3v) is 14.2. The predicted octanol–water partition coefficient (Wildman–Crippen LogP) is 3.29. The van der Waals surface area contributed by atoms with Crippen molar-refractivity contribution in [3.63, 3.8) is 0 Å². The van der Waals surface area contributed by atoms with Gasteiger partial charge in [-0.3, -0.25) is 33.8 Å². The van der Waals surface area contributed by atoms with E-state index in [1.165, 1.54) is 10.8 Å². The molecule has 4 N–H and O–H groups in total. The summed E-state index contributed by atoms with van der Waals surface area (Å²) in [7, 11) is 3.38. The van der Waals surface area contributed by atoms with Crippen LogP contribution in [0.5, 0.6) is 0 Å². The highest BCUT2D eigenvalue weighted by Gasteiger charge is 2.56. The molecule has 8 heterocycles. The fraction of sp³-hybridized carbons (Fsp3) is 0.455. The van der Waals surface area contributed by atoms with Gasteiger partial charge in [0.25, 0.3) is 11.5 Å². The third kappa shape index (κ3) is 6.77. The van der Waals surface area contributed by atoms with Gasteiger partial charge >= 0.3 is 12.1 Å². The number of piperidine rings is 1. The van der Waals surface area contributed by atoms with E-state index in [4.69, 9.17) is 14.8 Å². The Morgan fingerprint density at radius 2 is 1.72 bits per heavy atom. The van der Waals surface area contributed by atoms with Crippen molar-refractivity contribution in [3.05, 3.63) is 82.5 Å². The molecule has 2 atom stereocenters. The molecule has 1 aromatic carbocycles. The number of nitrogens with zero attached hydrogens (tertiary/aromatic N) is 10. The number of benzene rings is 1. The van der Waals surface area contributed by atoms with E-state index in [0.29, 0.717) is 48.3 Å². The minimum Gasteiger partial charge on any atom is -0.379 e. The predicted molar refractivity (Wildman–Crippen MR) is 235 cm³/mol. The number of fused-ring (bicyclic) bond motifs is 2. The maximum absolute atomic E-state index is 14.2. The van der Waals surface area contributed by atoms with Crippen LogP contribution >= 0.6 is 0 Å². The molecule has 20 heteroatoms. The number of likely N-dealkylation sites (tertiary alicyclic amines) is 1. The maximum Gasteiger partial charge on any atom is 0.328 e. The van der Waals surface area contributed by atoms with Crippen molar-refractivity contribution in [3.8, 4) is 5.82 Å². The largest absolute Gasteiger partial charge is 0.379 e. The van der Waals surface area contributed by atoms with Crippen molar-refractivity contribution in [2.75, 3.05) is 67.3 Å². The highest BCUT2D eigenvalue weighted by atomic mass is 16.5. The molecular weight excluding hydrogens is 821 g/mol. The second kappa shape index (κ2) is 15.1. The molecule has 0 unspecified atom stereocenters. The molecule has 11 rings (SSSR count). The van der Waals surface area contributed by atoms with Gasteiger partial charge in [0.1, 0.15) is 22.9 Å². The van der Waals surface area contributed by atoms with Gasteiger partial charge in [-0.2, -0.15) is 14.7 Å². The van der Waals surface area contributed by atoms with Crippen LogP contribution in [0.25, 0.3) is 11.5 Å². The summed E-state index contributed by atoms with van der Waals surface area (Å²) in [5, 5.41) is 21.0. The van der Waals surface area contributed by atoms with Gasteiger partial charge in [-0.25, -0.2) is 14.6 Å². The summed E-state index contributed by atoms with van der Waals surface area (Å²) >= 11 is 0. The van der Waals surface area contributed by atoms with Gasteiger partial charge in [-0.1, -0.05) is 0 Å². The SMILES string of the molecule is CNc1cc(Nc2cccn(-c3cc4n(n3)CC3(CC3)N(C(=O)N3CC5(CCN(c6ccc(N7CCC(=O)NC7=O)cc6)CC5)C3)C4)c2=O)nc2c(C(=O)N[C@@H]3CC[C@H]3OC)cnn12. The second-order valence-electron chi connectivity index (χ2n) is 18.1. The van der Waals surface area contributed by atoms with Crippen LogP contribution < -0.4 is 36.6 Å². The lowest BCUT2D eigenvalue weighted by molar-refractivity contribution is -0.120. The third-order valence-electron chi connectivity index (χ3n) is 14.2. The monoisotopic (exact) mass is 870 g/mol. The van der Waals surface area contributed by atoms with E-state index in [1.807, 2.05) is 44.8 Å². The molecule has 6 aliphatic rings. The summed E-state index contributed by atoms with van der Waals surface area (Å²) in [6.07, 6.45) is 8.93. The van der Waals surface area contributed by atoms with Crippen LogP contribution in [0.4, 0.5) is 38.3 Å². The van der Waals surface area contributed by atoms with Gasteiger partial charge in [0.2, 0.25) is 5.91 Å². The standard InChI is InChI=1S/C44H50N14O6/c1-45-35-21-34(49-38-30(22-46-58(35)38)39(60)48-31-9-10-33(31)64-2)47-32-4-3-16-55(40(32)61)36-20-29-23-56(44(12-13-44)26-57(29)51-36)42(63)53-24-43(25-53)14-18-52(19-15-43)27-5-7-28(8-6-27)54-17-11-37(59)50-41(54)62/h3-8,16,20-22,31,33,45H,9-15,17-19,23-26H2,1-2H3,(H,47,49)(H,48,60)(H,50,59,62)/t31-,33-/m1/s1. The fourth-order valence-electron chi connectivity index (χ4n) is 10.1. The molecule has 0 radical (unpaired) electrons. The number of urea groups is 2. The van der Waals surface area contributed by atoms with E-state index in [9.17, 15) is 24.0 Å². The number of methoxy groups -OCH3 is 1. The summed E-state index contributed by atoms with van der Waals surface area (Å²) in [4.78, 5) is 78.2. The van der Waals surface area contributed by atoms with E-state index >= 15 is 0 Å². The second-order valence-corrected chi connectivity index (χ2v) is 18.1. The number of anilines is 5. The Hall–Kier alpha value is -6.96. The molecule has 5 fully saturated rings. The smallest absolute Gasteiger partial charge is 0.328 e. The molecule has 20 nitrogen and oxygen atoms in total. The molecule has 64 heavy (non-hydrogen) atoms. The Labute approximate surface area is 367 Å². The van der Waals surface area contributed by atoms with Crippen molar-refractivity contribution < 1.29 is 23.9 Å². The van der Waals surface area contributed by atoms with Crippen molar-refractivity contribution in [1.82, 2.24) is 49.4 Å². The number of hydrogen-bond donors (Lipinski definition) is 4. The number of carbonyl (C=O) groups excluding carboxylic acids is 4. The molecule has 4 aromatic heterocycles. The number of carbonyl (C=O) groups is 4. The van der Waals surface area contributed by atoms with Crippen molar-refractivity contribution >= 4 is 58.2 Å². The van der Waals surface area contributed by atoms with Gasteiger partial charge in [0, 0.05) is 88.4 Å². The first-order chi connectivity index (χ1) is 31.0. The number of amides is 6. The normalized spacial score (nSPS) is 21.9. The number of pyridine rings is 1. The summed E-state index contributed by atoms with van der Waals surface area (Å²) in [5.74, 6) is 0.838. The number of hydrogen-bond acceptors (Lipinski definition) is 12. The Morgan fingerprint density at radius 3 is 2.42 bits per heavy atom. The number of nitrogens with one attached hydrogen (secondary N) is 4. The summed E-state index contributed by atoms with van der Waals surface area (Å²) in [5.41, 5.74) is 3.11. The summed E-state index contributed by atoms with van der Waals surface area (Å²) in [6.45, 7) is 4.58. The number of aromatic nitrogens is 6. The summed E-state index contributed by atoms with van der Waals surface area (Å²) < 4.78 is 10.4.